The lowest BCUT2D eigenvalue weighted by atomic mass is 10.0. The highest BCUT2D eigenvalue weighted by atomic mass is 35.5. The third kappa shape index (κ3) is 3.42. The van der Waals surface area contributed by atoms with E-state index in [1.165, 1.54) is 12.1 Å². The van der Waals surface area contributed by atoms with E-state index in [9.17, 15) is 18.0 Å². The normalized spacial score (nSPS) is 11.3. The number of benzene rings is 1. The molecule has 0 atom stereocenters. The highest BCUT2D eigenvalue weighted by Gasteiger charge is 2.32. The summed E-state index contributed by atoms with van der Waals surface area (Å²) in [5.41, 5.74) is 6.73. The van der Waals surface area contributed by atoms with Crippen molar-refractivity contribution in [3.8, 4) is 11.1 Å². The van der Waals surface area contributed by atoms with Gasteiger partial charge in [0, 0.05) is 41.0 Å². The standard InChI is InChI=1S/C16H12F3N3O.ClH/c17-16(18,19)15-4-2-10(8-21-15)9-1-3-13-12(5-9)14(23)6-11(7-20)22-13;/h1-6,8H,7,20H2,(H,22,23);1H. The Labute approximate surface area is 140 Å². The summed E-state index contributed by atoms with van der Waals surface area (Å²) >= 11 is 0. The first-order valence-electron chi connectivity index (χ1n) is 6.78. The van der Waals surface area contributed by atoms with Gasteiger partial charge in [0.05, 0.1) is 0 Å². The maximum absolute atomic E-state index is 12.5. The average molecular weight is 356 g/mol. The Morgan fingerprint density at radius 2 is 1.79 bits per heavy atom. The van der Waals surface area contributed by atoms with E-state index in [0.29, 0.717) is 27.7 Å². The quantitative estimate of drug-likeness (QED) is 0.739. The highest BCUT2D eigenvalue weighted by Crippen LogP contribution is 2.29. The van der Waals surface area contributed by atoms with Crippen LogP contribution in [-0.4, -0.2) is 9.97 Å². The predicted octanol–water partition coefficient (Wildman–Crippen LogP) is 3.49. The van der Waals surface area contributed by atoms with E-state index < -0.39 is 11.9 Å². The fourth-order valence-corrected chi connectivity index (χ4v) is 2.32. The SMILES string of the molecule is Cl.NCc1cc(=O)c2cc(-c3ccc(C(F)(F)F)nc3)ccc2[nH]1. The van der Waals surface area contributed by atoms with E-state index >= 15 is 0 Å². The number of hydrogen-bond acceptors (Lipinski definition) is 3. The zero-order valence-corrected chi connectivity index (χ0v) is 13.0. The number of nitrogens with one attached hydrogen (secondary N) is 1. The largest absolute Gasteiger partial charge is 0.433 e. The van der Waals surface area contributed by atoms with Crippen molar-refractivity contribution < 1.29 is 13.2 Å². The van der Waals surface area contributed by atoms with Crippen molar-refractivity contribution in [2.45, 2.75) is 12.7 Å². The zero-order chi connectivity index (χ0) is 16.6. The molecule has 1 aromatic carbocycles. The van der Waals surface area contributed by atoms with E-state index in [4.69, 9.17) is 5.73 Å². The highest BCUT2D eigenvalue weighted by molar-refractivity contribution is 5.85. The number of aromatic nitrogens is 2. The second kappa shape index (κ2) is 6.62. The molecular formula is C16H13ClF3N3O. The molecule has 0 radical (unpaired) electrons. The van der Waals surface area contributed by atoms with Gasteiger partial charge in [-0.1, -0.05) is 12.1 Å². The van der Waals surface area contributed by atoms with Crippen molar-refractivity contribution in [3.63, 3.8) is 0 Å². The average Bonchev–Trinajstić information content (AvgIpc) is 2.53. The topological polar surface area (TPSA) is 71.8 Å². The minimum absolute atomic E-state index is 0. The van der Waals surface area contributed by atoms with Crippen LogP contribution in [0.3, 0.4) is 0 Å². The van der Waals surface area contributed by atoms with E-state index in [-0.39, 0.29) is 24.4 Å². The first kappa shape index (κ1) is 18.0. The second-order valence-electron chi connectivity index (χ2n) is 5.05. The van der Waals surface area contributed by atoms with Gasteiger partial charge in [-0.3, -0.25) is 9.78 Å². The molecule has 0 aliphatic rings. The van der Waals surface area contributed by atoms with Gasteiger partial charge in [0.2, 0.25) is 0 Å². The summed E-state index contributed by atoms with van der Waals surface area (Å²) in [4.78, 5) is 18.6. The molecular weight excluding hydrogens is 343 g/mol. The van der Waals surface area contributed by atoms with Crippen molar-refractivity contribution in [3.05, 3.63) is 64.2 Å². The minimum atomic E-state index is -4.47. The van der Waals surface area contributed by atoms with Gasteiger partial charge in [0.25, 0.3) is 0 Å². The van der Waals surface area contributed by atoms with Crippen LogP contribution in [0, 0.1) is 0 Å². The van der Waals surface area contributed by atoms with Crippen molar-refractivity contribution >= 4 is 23.3 Å². The van der Waals surface area contributed by atoms with Gasteiger partial charge >= 0.3 is 6.18 Å². The lowest BCUT2D eigenvalue weighted by molar-refractivity contribution is -0.141. The van der Waals surface area contributed by atoms with Gasteiger partial charge in [-0.15, -0.1) is 12.4 Å². The van der Waals surface area contributed by atoms with Crippen LogP contribution in [0.4, 0.5) is 13.2 Å². The molecule has 0 saturated heterocycles. The molecule has 0 bridgehead atoms. The van der Waals surface area contributed by atoms with Crippen molar-refractivity contribution in [1.82, 2.24) is 9.97 Å². The Kier molecular flexibility index (Phi) is 4.96. The number of hydrogen-bond donors (Lipinski definition) is 2. The molecule has 2 heterocycles. The molecule has 4 nitrogen and oxygen atoms in total. The third-order valence-electron chi connectivity index (χ3n) is 3.49. The maximum atomic E-state index is 12.5. The molecule has 3 rings (SSSR count). The number of alkyl halides is 3. The summed E-state index contributed by atoms with van der Waals surface area (Å²) in [6.07, 6.45) is -3.33. The fraction of sp³-hybridized carbons (Fsp3) is 0.125. The Hall–Kier alpha value is -2.38. The van der Waals surface area contributed by atoms with Gasteiger partial charge in [0.1, 0.15) is 5.69 Å². The molecule has 8 heteroatoms. The monoisotopic (exact) mass is 355 g/mol. The number of nitrogens with zero attached hydrogens (tertiary/aromatic N) is 1. The summed E-state index contributed by atoms with van der Waals surface area (Å²) in [7, 11) is 0. The minimum Gasteiger partial charge on any atom is -0.357 e. The molecule has 126 valence electrons. The van der Waals surface area contributed by atoms with Crippen molar-refractivity contribution in [2.24, 2.45) is 5.73 Å². The summed E-state index contributed by atoms with van der Waals surface area (Å²) in [5, 5.41) is 0.444. The van der Waals surface area contributed by atoms with E-state index in [2.05, 4.69) is 9.97 Å². The Balaban J connectivity index is 0.00000208. The Morgan fingerprint density at radius 1 is 1.08 bits per heavy atom. The number of rotatable bonds is 2. The van der Waals surface area contributed by atoms with Gasteiger partial charge < -0.3 is 10.7 Å². The molecule has 0 aliphatic carbocycles. The number of pyridine rings is 2. The number of H-pyrrole nitrogens is 1. The molecule has 0 unspecified atom stereocenters. The smallest absolute Gasteiger partial charge is 0.357 e. The van der Waals surface area contributed by atoms with Gasteiger partial charge in [-0.05, 0) is 23.8 Å². The number of nitrogens with two attached hydrogens (primary N) is 1. The predicted molar refractivity (Wildman–Crippen MR) is 87.9 cm³/mol. The molecule has 0 spiro atoms. The van der Waals surface area contributed by atoms with Crippen LogP contribution < -0.4 is 11.2 Å². The molecule has 2 aromatic heterocycles. The van der Waals surface area contributed by atoms with Gasteiger partial charge in [-0.2, -0.15) is 13.2 Å². The summed E-state index contributed by atoms with van der Waals surface area (Å²) in [6, 6.07) is 8.70. The maximum Gasteiger partial charge on any atom is 0.433 e. The molecule has 3 N–H and O–H groups in total. The fourth-order valence-electron chi connectivity index (χ4n) is 2.32. The molecule has 0 amide bonds. The lowest BCUT2D eigenvalue weighted by Crippen LogP contribution is -2.08. The summed E-state index contributed by atoms with van der Waals surface area (Å²) in [6.45, 7) is 0.218. The molecule has 0 saturated carbocycles. The van der Waals surface area contributed by atoms with Crippen LogP contribution in [0.25, 0.3) is 22.0 Å². The van der Waals surface area contributed by atoms with Crippen LogP contribution in [0.15, 0.2) is 47.4 Å². The molecule has 24 heavy (non-hydrogen) atoms. The van der Waals surface area contributed by atoms with Crippen LogP contribution in [0.1, 0.15) is 11.4 Å². The third-order valence-corrected chi connectivity index (χ3v) is 3.49. The molecule has 0 fully saturated rings. The summed E-state index contributed by atoms with van der Waals surface area (Å²) in [5.74, 6) is 0. The van der Waals surface area contributed by atoms with Crippen LogP contribution in [-0.2, 0) is 12.7 Å². The first-order valence-corrected chi connectivity index (χ1v) is 6.78. The van der Waals surface area contributed by atoms with Crippen LogP contribution in [0.5, 0.6) is 0 Å². The zero-order valence-electron chi connectivity index (χ0n) is 12.2. The van der Waals surface area contributed by atoms with Crippen LogP contribution in [0.2, 0.25) is 0 Å². The van der Waals surface area contributed by atoms with Crippen molar-refractivity contribution in [1.29, 1.82) is 0 Å². The van der Waals surface area contributed by atoms with Gasteiger partial charge in [0.15, 0.2) is 5.43 Å². The Bertz CT molecular complexity index is 920. The van der Waals surface area contributed by atoms with Crippen LogP contribution >= 0.6 is 12.4 Å². The second-order valence-corrected chi connectivity index (χ2v) is 5.05. The number of fused-ring (bicyclic) bond motifs is 1. The van der Waals surface area contributed by atoms with E-state index in [1.54, 1.807) is 18.2 Å². The van der Waals surface area contributed by atoms with Gasteiger partial charge in [-0.25, -0.2) is 0 Å². The summed E-state index contributed by atoms with van der Waals surface area (Å²) < 4.78 is 37.6. The number of halogens is 4. The lowest BCUT2D eigenvalue weighted by Gasteiger charge is -2.08. The number of aromatic amines is 1. The van der Waals surface area contributed by atoms with E-state index in [0.717, 1.165) is 12.3 Å². The van der Waals surface area contributed by atoms with E-state index in [1.807, 2.05) is 0 Å². The van der Waals surface area contributed by atoms with Crippen molar-refractivity contribution in [2.75, 3.05) is 0 Å². The Morgan fingerprint density at radius 3 is 2.38 bits per heavy atom. The first-order chi connectivity index (χ1) is 10.9. The molecule has 0 aliphatic heterocycles. The molecule has 3 aromatic rings.